The third-order valence-corrected chi connectivity index (χ3v) is 6.10. The van der Waals surface area contributed by atoms with Crippen molar-refractivity contribution >= 4 is 16.9 Å². The number of nitrogens with zero attached hydrogens (tertiary/aromatic N) is 3. The summed E-state index contributed by atoms with van der Waals surface area (Å²) in [5, 5.41) is 0. The zero-order valence-electron chi connectivity index (χ0n) is 17.6. The Balaban J connectivity index is 1.39. The van der Waals surface area contributed by atoms with Gasteiger partial charge in [0.2, 0.25) is 5.91 Å². The SMILES string of the molecule is CCn1c(C2CCCN2C(=O)CCCCc2ccc(C)cc2)nc2ccccc21. The van der Waals surface area contributed by atoms with Crippen LogP contribution < -0.4 is 0 Å². The number of aryl methyl sites for hydroxylation is 3. The lowest BCUT2D eigenvalue weighted by Crippen LogP contribution is -2.31. The molecule has 3 aromatic rings. The van der Waals surface area contributed by atoms with Crippen LogP contribution in [0.25, 0.3) is 11.0 Å². The summed E-state index contributed by atoms with van der Waals surface area (Å²) >= 11 is 0. The summed E-state index contributed by atoms with van der Waals surface area (Å²) < 4.78 is 2.28. The average Bonchev–Trinajstić information content (AvgIpc) is 3.36. The van der Waals surface area contributed by atoms with Gasteiger partial charge in [0.1, 0.15) is 5.82 Å². The van der Waals surface area contributed by atoms with Crippen LogP contribution >= 0.6 is 0 Å². The van der Waals surface area contributed by atoms with E-state index in [0.29, 0.717) is 6.42 Å². The first-order chi connectivity index (χ1) is 14.2. The molecule has 0 bridgehead atoms. The van der Waals surface area contributed by atoms with E-state index < -0.39 is 0 Å². The molecule has 1 aliphatic rings. The van der Waals surface area contributed by atoms with Crippen LogP contribution in [-0.4, -0.2) is 26.9 Å². The second kappa shape index (κ2) is 8.81. The van der Waals surface area contributed by atoms with Crippen molar-refractivity contribution in [2.45, 2.75) is 65.0 Å². The van der Waals surface area contributed by atoms with Crippen molar-refractivity contribution in [1.29, 1.82) is 0 Å². The van der Waals surface area contributed by atoms with Gasteiger partial charge in [-0.1, -0.05) is 42.0 Å². The van der Waals surface area contributed by atoms with Gasteiger partial charge in [0.25, 0.3) is 0 Å². The fourth-order valence-corrected chi connectivity index (χ4v) is 4.52. The van der Waals surface area contributed by atoms with Gasteiger partial charge >= 0.3 is 0 Å². The minimum Gasteiger partial charge on any atom is -0.333 e. The number of rotatable bonds is 7. The number of fused-ring (bicyclic) bond motifs is 1. The third-order valence-electron chi connectivity index (χ3n) is 6.10. The maximum Gasteiger partial charge on any atom is 0.223 e. The number of para-hydroxylation sites is 2. The lowest BCUT2D eigenvalue weighted by molar-refractivity contribution is -0.132. The third kappa shape index (κ3) is 4.21. The first kappa shape index (κ1) is 19.7. The number of imidazole rings is 1. The van der Waals surface area contributed by atoms with E-state index in [-0.39, 0.29) is 11.9 Å². The van der Waals surface area contributed by atoms with E-state index in [4.69, 9.17) is 4.98 Å². The minimum atomic E-state index is 0.118. The van der Waals surface area contributed by atoms with Crippen LogP contribution in [0.2, 0.25) is 0 Å². The quantitative estimate of drug-likeness (QED) is 0.505. The largest absolute Gasteiger partial charge is 0.333 e. The topological polar surface area (TPSA) is 38.1 Å². The van der Waals surface area contributed by atoms with Gasteiger partial charge in [0, 0.05) is 19.5 Å². The van der Waals surface area contributed by atoms with Crippen LogP contribution in [0.4, 0.5) is 0 Å². The van der Waals surface area contributed by atoms with E-state index in [9.17, 15) is 4.79 Å². The van der Waals surface area contributed by atoms with Crippen LogP contribution in [0.15, 0.2) is 48.5 Å². The maximum absolute atomic E-state index is 13.0. The monoisotopic (exact) mass is 389 g/mol. The number of aromatic nitrogens is 2. The van der Waals surface area contributed by atoms with Gasteiger partial charge in [-0.05, 0) is 63.6 Å². The highest BCUT2D eigenvalue weighted by Gasteiger charge is 2.33. The zero-order valence-corrected chi connectivity index (χ0v) is 17.6. The van der Waals surface area contributed by atoms with E-state index in [1.54, 1.807) is 0 Å². The summed E-state index contributed by atoms with van der Waals surface area (Å²) in [6.45, 7) is 6.00. The van der Waals surface area contributed by atoms with Crippen molar-refractivity contribution in [1.82, 2.24) is 14.5 Å². The standard InChI is InChI=1S/C25H31N3O/c1-3-27-22-11-6-5-10-21(22)26-25(27)23-12-8-18-28(23)24(29)13-7-4-9-20-16-14-19(2)15-17-20/h5-6,10-11,14-17,23H,3-4,7-9,12-13,18H2,1-2H3. The summed E-state index contributed by atoms with van der Waals surface area (Å²) in [5.41, 5.74) is 4.85. The highest BCUT2D eigenvalue weighted by atomic mass is 16.2. The van der Waals surface area contributed by atoms with Gasteiger partial charge in [-0.15, -0.1) is 0 Å². The average molecular weight is 390 g/mol. The lowest BCUT2D eigenvalue weighted by Gasteiger charge is -2.25. The Labute approximate surface area is 173 Å². The molecule has 1 amide bonds. The molecule has 1 saturated heterocycles. The summed E-state index contributed by atoms with van der Waals surface area (Å²) in [6.07, 6.45) is 5.75. The summed E-state index contributed by atoms with van der Waals surface area (Å²) in [4.78, 5) is 20.0. The van der Waals surface area contributed by atoms with E-state index in [0.717, 1.165) is 56.5 Å². The molecule has 0 aliphatic carbocycles. The van der Waals surface area contributed by atoms with E-state index in [1.807, 2.05) is 6.07 Å². The Kier molecular flexibility index (Phi) is 5.98. The normalized spacial score (nSPS) is 16.6. The summed E-state index contributed by atoms with van der Waals surface area (Å²) in [7, 11) is 0. The van der Waals surface area contributed by atoms with Crippen molar-refractivity contribution in [3.8, 4) is 0 Å². The second-order valence-corrected chi connectivity index (χ2v) is 8.14. The fourth-order valence-electron chi connectivity index (χ4n) is 4.52. The molecule has 0 radical (unpaired) electrons. The predicted molar refractivity (Wildman–Crippen MR) is 118 cm³/mol. The number of amides is 1. The summed E-state index contributed by atoms with van der Waals surface area (Å²) in [6, 6.07) is 17.1. The number of carbonyl (C=O) groups is 1. The number of likely N-dealkylation sites (tertiary alicyclic amines) is 1. The van der Waals surface area contributed by atoms with Crippen LogP contribution in [0.3, 0.4) is 0 Å². The van der Waals surface area contributed by atoms with Crippen molar-refractivity contribution in [3.05, 3.63) is 65.5 Å². The van der Waals surface area contributed by atoms with Crippen LogP contribution in [0, 0.1) is 6.92 Å². The highest BCUT2D eigenvalue weighted by molar-refractivity contribution is 5.78. The van der Waals surface area contributed by atoms with Gasteiger partial charge in [0.15, 0.2) is 0 Å². The Bertz CT molecular complexity index is 973. The Hall–Kier alpha value is -2.62. The van der Waals surface area contributed by atoms with Crippen molar-refractivity contribution in [3.63, 3.8) is 0 Å². The second-order valence-electron chi connectivity index (χ2n) is 8.14. The van der Waals surface area contributed by atoms with Gasteiger partial charge < -0.3 is 9.47 Å². The van der Waals surface area contributed by atoms with E-state index in [2.05, 4.69) is 65.8 Å². The van der Waals surface area contributed by atoms with Gasteiger partial charge in [0.05, 0.1) is 17.1 Å². The zero-order chi connectivity index (χ0) is 20.2. The molecule has 1 fully saturated rings. The Morgan fingerprint density at radius 1 is 1.10 bits per heavy atom. The lowest BCUT2D eigenvalue weighted by atomic mass is 10.1. The van der Waals surface area contributed by atoms with Crippen LogP contribution in [0.1, 0.15) is 62.0 Å². The Morgan fingerprint density at radius 3 is 2.69 bits per heavy atom. The van der Waals surface area contributed by atoms with Crippen molar-refractivity contribution in [2.75, 3.05) is 6.54 Å². The van der Waals surface area contributed by atoms with E-state index in [1.165, 1.54) is 16.6 Å². The van der Waals surface area contributed by atoms with Crippen LogP contribution in [0.5, 0.6) is 0 Å². The first-order valence-electron chi connectivity index (χ1n) is 11.0. The fraction of sp³-hybridized carbons (Fsp3) is 0.440. The summed E-state index contributed by atoms with van der Waals surface area (Å²) in [5.74, 6) is 1.34. The minimum absolute atomic E-state index is 0.118. The molecule has 1 unspecified atom stereocenters. The molecule has 1 atom stereocenters. The smallest absolute Gasteiger partial charge is 0.223 e. The number of hydrogen-bond acceptors (Lipinski definition) is 2. The first-order valence-corrected chi connectivity index (χ1v) is 11.0. The molecule has 0 spiro atoms. The van der Waals surface area contributed by atoms with Crippen LogP contribution in [-0.2, 0) is 17.8 Å². The maximum atomic E-state index is 13.0. The molecule has 2 heterocycles. The molecular formula is C25H31N3O. The molecular weight excluding hydrogens is 358 g/mol. The van der Waals surface area contributed by atoms with Gasteiger partial charge in [-0.25, -0.2) is 4.98 Å². The predicted octanol–water partition coefficient (Wildman–Crippen LogP) is 5.44. The molecule has 4 rings (SSSR count). The molecule has 2 aromatic carbocycles. The van der Waals surface area contributed by atoms with Gasteiger partial charge in [-0.2, -0.15) is 0 Å². The molecule has 152 valence electrons. The van der Waals surface area contributed by atoms with Crippen molar-refractivity contribution < 1.29 is 4.79 Å². The number of hydrogen-bond donors (Lipinski definition) is 0. The number of unbranched alkanes of at least 4 members (excludes halogenated alkanes) is 1. The molecule has 1 aliphatic heterocycles. The van der Waals surface area contributed by atoms with E-state index >= 15 is 0 Å². The molecule has 0 saturated carbocycles. The molecule has 4 nitrogen and oxygen atoms in total. The molecule has 1 aromatic heterocycles. The highest BCUT2D eigenvalue weighted by Crippen LogP contribution is 2.34. The number of carbonyl (C=O) groups excluding carboxylic acids is 1. The Morgan fingerprint density at radius 2 is 1.90 bits per heavy atom. The van der Waals surface area contributed by atoms with Crippen molar-refractivity contribution in [2.24, 2.45) is 0 Å². The van der Waals surface area contributed by atoms with Gasteiger partial charge in [-0.3, -0.25) is 4.79 Å². The number of benzene rings is 2. The molecule has 0 N–H and O–H groups in total. The molecule has 4 heteroatoms. The molecule has 29 heavy (non-hydrogen) atoms.